The molecule has 3 N–H and O–H groups in total. The lowest BCUT2D eigenvalue weighted by Crippen LogP contribution is -2.40. The van der Waals surface area contributed by atoms with Crippen LogP contribution in [0.2, 0.25) is 0 Å². The normalized spacial score (nSPS) is 26.4. The van der Waals surface area contributed by atoms with E-state index in [0.29, 0.717) is 12.3 Å². The summed E-state index contributed by atoms with van der Waals surface area (Å²) in [6.07, 6.45) is 4.98. The summed E-state index contributed by atoms with van der Waals surface area (Å²) >= 11 is 0. The second-order valence-electron chi connectivity index (χ2n) is 7.28. The van der Waals surface area contributed by atoms with E-state index in [-0.39, 0.29) is 23.9 Å². The second-order valence-corrected chi connectivity index (χ2v) is 7.28. The average Bonchev–Trinajstić information content (AvgIpc) is 2.56. The summed E-state index contributed by atoms with van der Waals surface area (Å²) in [6, 6.07) is 7.69. The first kappa shape index (κ1) is 17.5. The molecule has 25 heavy (non-hydrogen) atoms. The molecular weight excluding hydrogens is 316 g/mol. The maximum absolute atomic E-state index is 12.2. The Labute approximate surface area is 148 Å². The van der Waals surface area contributed by atoms with Gasteiger partial charge < -0.3 is 10.6 Å². The summed E-state index contributed by atoms with van der Waals surface area (Å²) in [4.78, 5) is 23.5. The predicted octanol–water partition coefficient (Wildman–Crippen LogP) is 3.25. The number of anilines is 1. The molecule has 1 aromatic carbocycles. The van der Waals surface area contributed by atoms with E-state index in [9.17, 15) is 9.59 Å². The largest absolute Gasteiger partial charge is 0.335 e. The number of hydrogen-bond acceptors (Lipinski definition) is 3. The van der Waals surface area contributed by atoms with Crippen LogP contribution in [0.5, 0.6) is 0 Å². The van der Waals surface area contributed by atoms with E-state index in [4.69, 9.17) is 0 Å². The third-order valence-corrected chi connectivity index (χ3v) is 4.97. The lowest BCUT2D eigenvalue weighted by atomic mass is 9.87. The molecule has 3 unspecified atom stereocenters. The SMILES string of the molecule is CC1CCCC(NC(=O)Nc2ccc(C3=NNC(=O)CC3C)cc2)C1. The molecular formula is C19H26N4O2. The van der Waals surface area contributed by atoms with Gasteiger partial charge in [0.15, 0.2) is 0 Å². The van der Waals surface area contributed by atoms with Gasteiger partial charge in [-0.05, 0) is 36.5 Å². The van der Waals surface area contributed by atoms with Gasteiger partial charge in [-0.1, -0.05) is 38.8 Å². The molecule has 1 heterocycles. The fraction of sp³-hybridized carbons (Fsp3) is 0.526. The van der Waals surface area contributed by atoms with E-state index >= 15 is 0 Å². The number of rotatable bonds is 3. The monoisotopic (exact) mass is 342 g/mol. The highest BCUT2D eigenvalue weighted by atomic mass is 16.2. The van der Waals surface area contributed by atoms with Crippen molar-refractivity contribution in [3.05, 3.63) is 29.8 Å². The molecule has 3 amide bonds. The number of nitrogens with one attached hydrogen (secondary N) is 3. The molecule has 134 valence electrons. The minimum atomic E-state index is -0.150. The van der Waals surface area contributed by atoms with Gasteiger partial charge in [0.25, 0.3) is 0 Å². The Hall–Kier alpha value is -2.37. The molecule has 1 fully saturated rings. The zero-order valence-corrected chi connectivity index (χ0v) is 14.8. The van der Waals surface area contributed by atoms with E-state index in [2.05, 4.69) is 28.1 Å². The van der Waals surface area contributed by atoms with Crippen LogP contribution in [-0.2, 0) is 4.79 Å². The van der Waals surface area contributed by atoms with Gasteiger partial charge in [-0.25, -0.2) is 10.2 Å². The number of urea groups is 1. The minimum Gasteiger partial charge on any atom is -0.335 e. The standard InChI is InChI=1S/C19H26N4O2/c1-12-4-3-5-16(10-12)21-19(25)20-15-8-6-14(7-9-15)18-13(2)11-17(24)22-23-18/h6-9,12-13,16H,3-5,10-11H2,1-2H3,(H,22,24)(H2,20,21,25). The first-order valence-corrected chi connectivity index (χ1v) is 9.05. The van der Waals surface area contributed by atoms with Crippen LogP contribution in [0.4, 0.5) is 10.5 Å². The van der Waals surface area contributed by atoms with Crippen LogP contribution in [0.15, 0.2) is 29.4 Å². The summed E-state index contributed by atoms with van der Waals surface area (Å²) in [7, 11) is 0. The van der Waals surface area contributed by atoms with Crippen LogP contribution in [0.1, 0.15) is 51.5 Å². The molecule has 1 saturated carbocycles. The number of carbonyl (C=O) groups excluding carboxylic acids is 2. The zero-order valence-electron chi connectivity index (χ0n) is 14.8. The summed E-state index contributed by atoms with van der Waals surface area (Å²) in [5.41, 5.74) is 5.10. The van der Waals surface area contributed by atoms with Crippen LogP contribution in [-0.4, -0.2) is 23.7 Å². The molecule has 6 nitrogen and oxygen atoms in total. The molecule has 3 rings (SSSR count). The van der Waals surface area contributed by atoms with Crippen molar-refractivity contribution in [3.8, 4) is 0 Å². The molecule has 1 aliphatic heterocycles. The Bertz CT molecular complexity index is 669. The van der Waals surface area contributed by atoms with E-state index < -0.39 is 0 Å². The highest BCUT2D eigenvalue weighted by Crippen LogP contribution is 2.23. The number of nitrogens with zero attached hydrogens (tertiary/aromatic N) is 1. The number of benzene rings is 1. The van der Waals surface area contributed by atoms with Crippen LogP contribution >= 0.6 is 0 Å². The predicted molar refractivity (Wildman–Crippen MR) is 98.5 cm³/mol. The van der Waals surface area contributed by atoms with Gasteiger partial charge in [0.05, 0.1) is 5.71 Å². The number of amides is 3. The molecule has 3 atom stereocenters. The number of carbonyl (C=O) groups is 2. The fourth-order valence-corrected chi connectivity index (χ4v) is 3.64. The molecule has 0 bridgehead atoms. The Kier molecular flexibility index (Phi) is 5.36. The zero-order chi connectivity index (χ0) is 17.8. The summed E-state index contributed by atoms with van der Waals surface area (Å²) in [5.74, 6) is 0.712. The Balaban J connectivity index is 1.57. The van der Waals surface area contributed by atoms with Crippen molar-refractivity contribution in [2.45, 2.75) is 52.0 Å². The quantitative estimate of drug-likeness (QED) is 0.788. The maximum Gasteiger partial charge on any atom is 0.319 e. The van der Waals surface area contributed by atoms with Gasteiger partial charge in [-0.2, -0.15) is 5.10 Å². The van der Waals surface area contributed by atoms with Gasteiger partial charge in [-0.3, -0.25) is 4.79 Å². The van der Waals surface area contributed by atoms with Crippen molar-refractivity contribution in [1.29, 1.82) is 0 Å². The smallest absolute Gasteiger partial charge is 0.319 e. The first-order chi connectivity index (χ1) is 12.0. The van der Waals surface area contributed by atoms with Crippen LogP contribution in [0, 0.1) is 11.8 Å². The van der Waals surface area contributed by atoms with Crippen molar-refractivity contribution in [3.63, 3.8) is 0 Å². The van der Waals surface area contributed by atoms with Gasteiger partial charge in [0, 0.05) is 24.1 Å². The van der Waals surface area contributed by atoms with Crippen LogP contribution in [0.3, 0.4) is 0 Å². The average molecular weight is 342 g/mol. The molecule has 0 radical (unpaired) electrons. The first-order valence-electron chi connectivity index (χ1n) is 9.05. The molecule has 0 saturated heterocycles. The van der Waals surface area contributed by atoms with Crippen molar-refractivity contribution in [2.24, 2.45) is 16.9 Å². The number of hydrazone groups is 1. The molecule has 6 heteroatoms. The Morgan fingerprint density at radius 1 is 1.20 bits per heavy atom. The van der Waals surface area contributed by atoms with Gasteiger partial charge in [0.1, 0.15) is 0 Å². The third-order valence-electron chi connectivity index (χ3n) is 4.97. The van der Waals surface area contributed by atoms with Crippen molar-refractivity contribution in [2.75, 3.05) is 5.32 Å². The lowest BCUT2D eigenvalue weighted by Gasteiger charge is -2.27. The summed E-state index contributed by atoms with van der Waals surface area (Å²) in [6.45, 7) is 4.23. The van der Waals surface area contributed by atoms with Gasteiger partial charge in [0.2, 0.25) is 5.91 Å². The van der Waals surface area contributed by atoms with E-state index in [1.54, 1.807) is 0 Å². The van der Waals surface area contributed by atoms with Gasteiger partial charge in [-0.15, -0.1) is 0 Å². The van der Waals surface area contributed by atoms with Crippen LogP contribution < -0.4 is 16.1 Å². The fourth-order valence-electron chi connectivity index (χ4n) is 3.64. The Morgan fingerprint density at radius 2 is 1.96 bits per heavy atom. The highest BCUT2D eigenvalue weighted by Gasteiger charge is 2.22. The minimum absolute atomic E-state index is 0.0526. The highest BCUT2D eigenvalue weighted by molar-refractivity contribution is 6.06. The maximum atomic E-state index is 12.2. The Morgan fingerprint density at radius 3 is 2.64 bits per heavy atom. The van der Waals surface area contributed by atoms with Gasteiger partial charge >= 0.3 is 6.03 Å². The topological polar surface area (TPSA) is 82.6 Å². The van der Waals surface area contributed by atoms with E-state index in [0.717, 1.165) is 29.8 Å². The summed E-state index contributed by atoms with van der Waals surface area (Å²) < 4.78 is 0. The second kappa shape index (κ2) is 7.68. The van der Waals surface area contributed by atoms with Crippen molar-refractivity contribution in [1.82, 2.24) is 10.7 Å². The number of hydrogen-bond donors (Lipinski definition) is 3. The molecule has 1 aromatic rings. The molecule has 0 aromatic heterocycles. The van der Waals surface area contributed by atoms with Crippen molar-refractivity contribution >= 4 is 23.3 Å². The third kappa shape index (κ3) is 4.59. The van der Waals surface area contributed by atoms with Crippen molar-refractivity contribution < 1.29 is 9.59 Å². The lowest BCUT2D eigenvalue weighted by molar-refractivity contribution is -0.121. The van der Waals surface area contributed by atoms with E-state index in [1.807, 2.05) is 31.2 Å². The molecule has 1 aliphatic carbocycles. The summed E-state index contributed by atoms with van der Waals surface area (Å²) in [5, 5.41) is 10.1. The molecule has 2 aliphatic rings. The van der Waals surface area contributed by atoms with E-state index in [1.165, 1.54) is 12.8 Å². The molecule has 0 spiro atoms. The van der Waals surface area contributed by atoms with Crippen LogP contribution in [0.25, 0.3) is 0 Å².